The van der Waals surface area contributed by atoms with E-state index in [1.807, 2.05) is 0 Å². The zero-order valence-electron chi connectivity index (χ0n) is 13.5. The third kappa shape index (κ3) is 4.45. The van der Waals surface area contributed by atoms with Crippen LogP contribution in [-0.4, -0.2) is 20.5 Å². The van der Waals surface area contributed by atoms with E-state index < -0.39 is 15.7 Å². The van der Waals surface area contributed by atoms with Crippen molar-refractivity contribution in [1.82, 2.24) is 4.98 Å². The molecule has 0 N–H and O–H groups in total. The highest BCUT2D eigenvalue weighted by Gasteiger charge is 2.17. The third-order valence-electron chi connectivity index (χ3n) is 3.51. The Morgan fingerprint density at radius 2 is 1.92 bits per heavy atom. The van der Waals surface area contributed by atoms with Gasteiger partial charge in [-0.3, -0.25) is 0 Å². The Hall–Kier alpha value is -2.67. The topological polar surface area (TPSA) is 69.4 Å². The van der Waals surface area contributed by atoms with Crippen LogP contribution in [0.1, 0.15) is 11.3 Å². The summed E-state index contributed by atoms with van der Waals surface area (Å²) in [6, 6.07) is 12.7. The summed E-state index contributed by atoms with van der Waals surface area (Å²) in [5, 5.41) is 0. The smallest absolute Gasteiger partial charge is 0.226 e. The maximum absolute atomic E-state index is 13.3. The second-order valence-corrected chi connectivity index (χ2v) is 7.60. The number of oxazole rings is 1. The van der Waals surface area contributed by atoms with Crippen LogP contribution >= 0.6 is 0 Å². The Kier molecular flexibility index (Phi) is 4.85. The van der Waals surface area contributed by atoms with Crippen molar-refractivity contribution >= 4 is 9.84 Å². The number of rotatable bonds is 6. The van der Waals surface area contributed by atoms with Crippen LogP contribution in [0.4, 0.5) is 4.39 Å². The summed E-state index contributed by atoms with van der Waals surface area (Å²) >= 11 is 0. The second-order valence-electron chi connectivity index (χ2n) is 5.54. The van der Waals surface area contributed by atoms with E-state index in [1.165, 1.54) is 31.6 Å². The monoisotopic (exact) mass is 361 g/mol. The number of halogens is 1. The van der Waals surface area contributed by atoms with Gasteiger partial charge in [-0.2, -0.15) is 0 Å². The van der Waals surface area contributed by atoms with Gasteiger partial charge in [0.2, 0.25) is 5.89 Å². The van der Waals surface area contributed by atoms with Gasteiger partial charge in [-0.25, -0.2) is 17.8 Å². The van der Waals surface area contributed by atoms with Gasteiger partial charge in [-0.15, -0.1) is 0 Å². The molecule has 1 aromatic heterocycles. The number of sulfone groups is 1. The maximum atomic E-state index is 13.3. The van der Waals surface area contributed by atoms with Gasteiger partial charge in [0.1, 0.15) is 17.8 Å². The molecule has 0 saturated carbocycles. The van der Waals surface area contributed by atoms with E-state index in [-0.39, 0.29) is 23.1 Å². The van der Waals surface area contributed by atoms with Gasteiger partial charge in [-0.1, -0.05) is 18.2 Å². The first-order chi connectivity index (χ1) is 11.9. The Morgan fingerprint density at radius 3 is 2.68 bits per heavy atom. The molecular formula is C18H16FNO4S. The first kappa shape index (κ1) is 17.2. The summed E-state index contributed by atoms with van der Waals surface area (Å²) in [5.41, 5.74) is 1.37. The lowest BCUT2D eigenvalue weighted by molar-refractivity contribution is 0.414. The SMILES string of the molecule is COc1cccc(CS(=O)(=O)Cc2coc(-c3cccc(F)c3)n2)c1. The molecule has 7 heteroatoms. The van der Waals surface area contributed by atoms with Gasteiger partial charge in [0.15, 0.2) is 9.84 Å². The third-order valence-corrected chi connectivity index (χ3v) is 5.02. The number of nitrogens with zero attached hydrogens (tertiary/aromatic N) is 1. The first-order valence-corrected chi connectivity index (χ1v) is 9.31. The van der Waals surface area contributed by atoms with Crippen molar-refractivity contribution in [2.24, 2.45) is 0 Å². The molecule has 130 valence electrons. The molecule has 5 nitrogen and oxygen atoms in total. The highest BCUT2D eigenvalue weighted by Crippen LogP contribution is 2.21. The largest absolute Gasteiger partial charge is 0.497 e. The lowest BCUT2D eigenvalue weighted by atomic mass is 10.2. The number of aromatic nitrogens is 1. The van der Waals surface area contributed by atoms with Crippen molar-refractivity contribution < 1.29 is 22.0 Å². The van der Waals surface area contributed by atoms with Gasteiger partial charge in [0, 0.05) is 5.56 Å². The molecule has 2 aromatic carbocycles. The predicted molar refractivity (Wildman–Crippen MR) is 91.2 cm³/mol. The van der Waals surface area contributed by atoms with Gasteiger partial charge in [0.05, 0.1) is 24.3 Å². The van der Waals surface area contributed by atoms with E-state index in [9.17, 15) is 12.8 Å². The number of ether oxygens (including phenoxy) is 1. The van der Waals surface area contributed by atoms with Crippen LogP contribution < -0.4 is 4.74 Å². The molecule has 0 aliphatic carbocycles. The van der Waals surface area contributed by atoms with Crippen LogP contribution in [0.15, 0.2) is 59.2 Å². The van der Waals surface area contributed by atoms with Crippen LogP contribution in [0, 0.1) is 5.82 Å². The highest BCUT2D eigenvalue weighted by atomic mass is 32.2. The standard InChI is InChI=1S/C18H16FNO4S/c1-23-17-7-2-4-13(8-17)11-25(21,22)12-16-10-24-18(20-16)14-5-3-6-15(19)9-14/h2-10H,11-12H2,1H3. The number of methoxy groups -OCH3 is 1. The van der Waals surface area contributed by atoms with E-state index in [0.29, 0.717) is 16.9 Å². The molecule has 0 aliphatic rings. The molecule has 0 atom stereocenters. The molecule has 0 unspecified atom stereocenters. The molecule has 0 fully saturated rings. The number of hydrogen-bond acceptors (Lipinski definition) is 5. The molecule has 0 bridgehead atoms. The fourth-order valence-corrected chi connectivity index (χ4v) is 3.79. The first-order valence-electron chi connectivity index (χ1n) is 7.49. The lowest BCUT2D eigenvalue weighted by Crippen LogP contribution is -2.08. The van der Waals surface area contributed by atoms with Crippen LogP contribution in [0.3, 0.4) is 0 Å². The van der Waals surface area contributed by atoms with Crippen molar-refractivity contribution in [3.8, 4) is 17.2 Å². The van der Waals surface area contributed by atoms with Crippen LogP contribution in [-0.2, 0) is 21.3 Å². The molecule has 3 aromatic rings. The lowest BCUT2D eigenvalue weighted by Gasteiger charge is -2.05. The van der Waals surface area contributed by atoms with Crippen molar-refractivity contribution in [3.63, 3.8) is 0 Å². The van der Waals surface area contributed by atoms with Crippen molar-refractivity contribution in [2.75, 3.05) is 7.11 Å². The minimum Gasteiger partial charge on any atom is -0.497 e. The summed E-state index contributed by atoms with van der Waals surface area (Å²) in [5.74, 6) is -0.0217. The summed E-state index contributed by atoms with van der Waals surface area (Å²) < 4.78 is 48.4. The second kappa shape index (κ2) is 7.06. The zero-order chi connectivity index (χ0) is 17.9. The Balaban J connectivity index is 1.75. The summed E-state index contributed by atoms with van der Waals surface area (Å²) in [6.45, 7) is 0. The quantitative estimate of drug-likeness (QED) is 0.671. The molecular weight excluding hydrogens is 345 g/mol. The average molecular weight is 361 g/mol. The normalized spacial score (nSPS) is 11.4. The molecule has 0 saturated heterocycles. The molecule has 3 rings (SSSR count). The Labute approximate surface area is 145 Å². The van der Waals surface area contributed by atoms with Crippen molar-refractivity contribution in [3.05, 3.63) is 71.9 Å². The van der Waals surface area contributed by atoms with E-state index in [4.69, 9.17) is 9.15 Å². The molecule has 0 aliphatic heterocycles. The predicted octanol–water partition coefficient (Wildman–Crippen LogP) is 3.60. The molecule has 25 heavy (non-hydrogen) atoms. The maximum Gasteiger partial charge on any atom is 0.226 e. The van der Waals surface area contributed by atoms with Gasteiger partial charge < -0.3 is 9.15 Å². The van der Waals surface area contributed by atoms with Gasteiger partial charge in [-0.05, 0) is 35.9 Å². The van der Waals surface area contributed by atoms with E-state index in [1.54, 1.807) is 30.3 Å². The minimum absolute atomic E-state index is 0.133. The van der Waals surface area contributed by atoms with Crippen molar-refractivity contribution in [2.45, 2.75) is 11.5 Å². The molecule has 0 spiro atoms. The van der Waals surface area contributed by atoms with Crippen LogP contribution in [0.25, 0.3) is 11.5 Å². The molecule has 1 heterocycles. The van der Waals surface area contributed by atoms with Crippen LogP contribution in [0.5, 0.6) is 5.75 Å². The Morgan fingerprint density at radius 1 is 1.12 bits per heavy atom. The number of hydrogen-bond donors (Lipinski definition) is 0. The Bertz CT molecular complexity index is 982. The van der Waals surface area contributed by atoms with Crippen LogP contribution in [0.2, 0.25) is 0 Å². The average Bonchev–Trinajstić information content (AvgIpc) is 3.02. The summed E-state index contributed by atoms with van der Waals surface area (Å²) in [7, 11) is -1.92. The van der Waals surface area contributed by atoms with E-state index in [2.05, 4.69) is 4.98 Å². The van der Waals surface area contributed by atoms with Crippen molar-refractivity contribution in [1.29, 1.82) is 0 Å². The van der Waals surface area contributed by atoms with E-state index >= 15 is 0 Å². The molecule has 0 amide bonds. The minimum atomic E-state index is -3.44. The molecule has 0 radical (unpaired) electrons. The van der Waals surface area contributed by atoms with E-state index in [0.717, 1.165) is 0 Å². The fraction of sp³-hybridized carbons (Fsp3) is 0.167. The number of benzene rings is 2. The van der Waals surface area contributed by atoms with Gasteiger partial charge in [0.25, 0.3) is 0 Å². The summed E-state index contributed by atoms with van der Waals surface area (Å²) in [4.78, 5) is 4.14. The summed E-state index contributed by atoms with van der Waals surface area (Å²) in [6.07, 6.45) is 1.28. The zero-order valence-corrected chi connectivity index (χ0v) is 14.3. The fourth-order valence-electron chi connectivity index (χ4n) is 2.42. The van der Waals surface area contributed by atoms with Gasteiger partial charge >= 0.3 is 0 Å². The highest BCUT2D eigenvalue weighted by molar-refractivity contribution is 7.89.